The number of carbonyl (C=O) groups excluding carboxylic acids is 1. The lowest BCUT2D eigenvalue weighted by Gasteiger charge is -2.27. The Bertz CT molecular complexity index is 452. The molecular weight excluding hydrogens is 247 g/mol. The third-order valence-corrected chi connectivity index (χ3v) is 3.38. The maximum atomic E-state index is 12.3. The number of nitrogens with two attached hydrogens (primary N) is 2. The van der Waals surface area contributed by atoms with Gasteiger partial charge in [-0.05, 0) is 18.4 Å². The van der Waals surface area contributed by atoms with Gasteiger partial charge in [0.15, 0.2) is 0 Å². The van der Waals surface area contributed by atoms with Gasteiger partial charge >= 0.3 is 0 Å². The standard InChI is InChI=1S/C13H19FN4O/c14-5-9(6-15)7-17-8-11-12(16)3-4-18(13(11)19)10-1-2-10/h5,8,10H,1-4,6-7,15-16H2/b9-5+,17-8?. The van der Waals surface area contributed by atoms with E-state index in [1.54, 1.807) is 0 Å². The van der Waals surface area contributed by atoms with E-state index in [0.717, 1.165) is 12.8 Å². The highest BCUT2D eigenvalue weighted by molar-refractivity contribution is 6.13. The lowest BCUT2D eigenvalue weighted by molar-refractivity contribution is -0.127. The van der Waals surface area contributed by atoms with Crippen molar-refractivity contribution in [2.24, 2.45) is 16.5 Å². The van der Waals surface area contributed by atoms with Crippen LogP contribution in [0, 0.1) is 0 Å². The molecule has 0 aromatic carbocycles. The summed E-state index contributed by atoms with van der Waals surface area (Å²) in [4.78, 5) is 18.1. The Kier molecular flexibility index (Phi) is 4.31. The van der Waals surface area contributed by atoms with Gasteiger partial charge in [-0.2, -0.15) is 0 Å². The van der Waals surface area contributed by atoms with Gasteiger partial charge in [0.1, 0.15) is 0 Å². The number of hydrogen-bond donors (Lipinski definition) is 2. The molecular formula is C13H19FN4O. The topological polar surface area (TPSA) is 84.7 Å². The second-order valence-electron chi connectivity index (χ2n) is 4.86. The predicted molar refractivity (Wildman–Crippen MR) is 72.2 cm³/mol. The van der Waals surface area contributed by atoms with Crippen molar-refractivity contribution in [3.8, 4) is 0 Å². The average Bonchev–Trinajstić information content (AvgIpc) is 3.22. The minimum atomic E-state index is -0.0615. The summed E-state index contributed by atoms with van der Waals surface area (Å²) < 4.78 is 12.3. The van der Waals surface area contributed by atoms with E-state index in [1.807, 2.05) is 4.90 Å². The fourth-order valence-corrected chi connectivity index (χ4v) is 2.04. The monoisotopic (exact) mass is 266 g/mol. The Morgan fingerprint density at radius 3 is 2.84 bits per heavy atom. The van der Waals surface area contributed by atoms with Crippen LogP contribution < -0.4 is 11.5 Å². The normalized spacial score (nSPS) is 21.7. The molecule has 0 saturated heterocycles. The lowest BCUT2D eigenvalue weighted by atomic mass is 10.1. The van der Waals surface area contributed by atoms with Crippen molar-refractivity contribution >= 4 is 12.1 Å². The second-order valence-corrected chi connectivity index (χ2v) is 4.86. The number of halogens is 1. The van der Waals surface area contributed by atoms with Crippen LogP contribution in [-0.4, -0.2) is 42.7 Å². The molecule has 0 atom stereocenters. The minimum absolute atomic E-state index is 0.0615. The molecule has 5 nitrogen and oxygen atoms in total. The van der Waals surface area contributed by atoms with Gasteiger partial charge in [-0.3, -0.25) is 9.79 Å². The van der Waals surface area contributed by atoms with Gasteiger partial charge in [0, 0.05) is 37.5 Å². The maximum absolute atomic E-state index is 12.3. The van der Waals surface area contributed by atoms with Crippen LogP contribution in [0.1, 0.15) is 19.3 Å². The zero-order valence-electron chi connectivity index (χ0n) is 10.8. The predicted octanol–water partition coefficient (Wildman–Crippen LogP) is 0.477. The van der Waals surface area contributed by atoms with Gasteiger partial charge in [0.25, 0.3) is 5.91 Å². The molecule has 1 heterocycles. The van der Waals surface area contributed by atoms with Crippen molar-refractivity contribution in [1.82, 2.24) is 4.90 Å². The van der Waals surface area contributed by atoms with Crippen molar-refractivity contribution in [2.75, 3.05) is 19.6 Å². The molecule has 4 N–H and O–H groups in total. The number of carbonyl (C=O) groups is 1. The summed E-state index contributed by atoms with van der Waals surface area (Å²) in [5, 5.41) is 0. The Labute approximate surface area is 111 Å². The SMILES string of the molecule is NC/C(=C\F)CN=CC1=C(N)CCN(C2CC2)C1=O. The number of nitrogens with zero attached hydrogens (tertiary/aromatic N) is 2. The van der Waals surface area contributed by atoms with Crippen LogP contribution in [0.3, 0.4) is 0 Å². The highest BCUT2D eigenvalue weighted by Crippen LogP contribution is 2.30. The minimum Gasteiger partial charge on any atom is -0.401 e. The summed E-state index contributed by atoms with van der Waals surface area (Å²) in [6, 6.07) is 0.370. The Balaban J connectivity index is 2.04. The molecule has 1 fully saturated rings. The molecule has 1 amide bonds. The largest absolute Gasteiger partial charge is 0.401 e. The summed E-state index contributed by atoms with van der Waals surface area (Å²) in [6.07, 6.45) is 4.71. The molecule has 0 unspecified atom stereocenters. The second kappa shape index (κ2) is 5.97. The van der Waals surface area contributed by atoms with Crippen LogP contribution in [0.4, 0.5) is 4.39 Å². The zero-order valence-corrected chi connectivity index (χ0v) is 10.8. The third-order valence-electron chi connectivity index (χ3n) is 3.38. The van der Waals surface area contributed by atoms with E-state index in [0.29, 0.717) is 42.2 Å². The van der Waals surface area contributed by atoms with Crippen LogP contribution in [0.2, 0.25) is 0 Å². The van der Waals surface area contributed by atoms with E-state index < -0.39 is 0 Å². The Morgan fingerprint density at radius 2 is 2.26 bits per heavy atom. The van der Waals surface area contributed by atoms with Crippen molar-refractivity contribution in [3.63, 3.8) is 0 Å². The van der Waals surface area contributed by atoms with Crippen LogP contribution in [0.25, 0.3) is 0 Å². The van der Waals surface area contributed by atoms with Gasteiger partial charge in [0.05, 0.1) is 18.4 Å². The summed E-state index contributed by atoms with van der Waals surface area (Å²) in [7, 11) is 0. The Morgan fingerprint density at radius 1 is 1.53 bits per heavy atom. The van der Waals surface area contributed by atoms with Crippen LogP contribution in [0.5, 0.6) is 0 Å². The van der Waals surface area contributed by atoms with Crippen molar-refractivity contribution in [2.45, 2.75) is 25.3 Å². The van der Waals surface area contributed by atoms with E-state index >= 15 is 0 Å². The van der Waals surface area contributed by atoms with Gasteiger partial charge in [0.2, 0.25) is 0 Å². The molecule has 0 aromatic heterocycles. The first-order chi connectivity index (χ1) is 9.17. The summed E-state index contributed by atoms with van der Waals surface area (Å²) in [5.74, 6) is -0.0615. The quantitative estimate of drug-likeness (QED) is 0.710. The van der Waals surface area contributed by atoms with Gasteiger partial charge < -0.3 is 16.4 Å². The van der Waals surface area contributed by atoms with E-state index in [-0.39, 0.29) is 19.0 Å². The molecule has 0 aromatic rings. The zero-order chi connectivity index (χ0) is 13.8. The van der Waals surface area contributed by atoms with E-state index in [4.69, 9.17) is 11.5 Å². The molecule has 6 heteroatoms. The van der Waals surface area contributed by atoms with E-state index in [2.05, 4.69) is 4.99 Å². The summed E-state index contributed by atoms with van der Waals surface area (Å²) >= 11 is 0. The van der Waals surface area contributed by atoms with Crippen LogP contribution in [-0.2, 0) is 4.79 Å². The Hall–Kier alpha value is -1.69. The number of hydrogen-bond acceptors (Lipinski definition) is 4. The highest BCUT2D eigenvalue weighted by Gasteiger charge is 2.36. The van der Waals surface area contributed by atoms with E-state index in [9.17, 15) is 9.18 Å². The van der Waals surface area contributed by atoms with Crippen molar-refractivity contribution < 1.29 is 9.18 Å². The first kappa shape index (κ1) is 13.7. The van der Waals surface area contributed by atoms with Crippen molar-refractivity contribution in [3.05, 3.63) is 23.2 Å². The van der Waals surface area contributed by atoms with Gasteiger partial charge in [-0.15, -0.1) is 0 Å². The fraction of sp³-hybridized carbons (Fsp3) is 0.538. The van der Waals surface area contributed by atoms with Crippen LogP contribution >= 0.6 is 0 Å². The molecule has 2 aliphatic rings. The summed E-state index contributed by atoms with van der Waals surface area (Å²) in [6.45, 7) is 0.954. The highest BCUT2D eigenvalue weighted by atomic mass is 19.1. The molecule has 19 heavy (non-hydrogen) atoms. The van der Waals surface area contributed by atoms with Gasteiger partial charge in [-0.1, -0.05) is 0 Å². The molecule has 0 bridgehead atoms. The molecule has 1 aliphatic carbocycles. The molecule has 0 radical (unpaired) electrons. The fourth-order valence-electron chi connectivity index (χ4n) is 2.04. The lowest BCUT2D eigenvalue weighted by Crippen LogP contribution is -2.40. The van der Waals surface area contributed by atoms with Gasteiger partial charge in [-0.25, -0.2) is 4.39 Å². The third kappa shape index (κ3) is 3.20. The first-order valence-electron chi connectivity index (χ1n) is 6.45. The van der Waals surface area contributed by atoms with E-state index in [1.165, 1.54) is 6.21 Å². The molecule has 2 rings (SSSR count). The molecule has 0 spiro atoms. The molecule has 104 valence electrons. The number of amides is 1. The molecule has 1 saturated carbocycles. The average molecular weight is 266 g/mol. The molecule has 1 aliphatic heterocycles. The number of rotatable bonds is 5. The summed E-state index contributed by atoms with van der Waals surface area (Å²) in [5.41, 5.74) is 12.6. The first-order valence-corrected chi connectivity index (χ1v) is 6.45. The van der Waals surface area contributed by atoms with Crippen molar-refractivity contribution in [1.29, 1.82) is 0 Å². The number of aliphatic imine (C=N–C) groups is 1. The van der Waals surface area contributed by atoms with Crippen LogP contribution in [0.15, 0.2) is 28.2 Å². The smallest absolute Gasteiger partial charge is 0.257 e. The maximum Gasteiger partial charge on any atom is 0.257 e.